The molecule has 13 heavy (non-hydrogen) atoms. The summed E-state index contributed by atoms with van der Waals surface area (Å²) in [7, 11) is 0. The summed E-state index contributed by atoms with van der Waals surface area (Å²) in [6, 6.07) is 9.71. The van der Waals surface area contributed by atoms with Crippen LogP contribution in [-0.4, -0.2) is 5.97 Å². The van der Waals surface area contributed by atoms with Crippen molar-refractivity contribution in [3.05, 3.63) is 30.3 Å². The molecule has 3 heteroatoms. The van der Waals surface area contributed by atoms with E-state index in [-0.39, 0.29) is 35.5 Å². The summed E-state index contributed by atoms with van der Waals surface area (Å²) in [6.45, 7) is 1.94. The van der Waals surface area contributed by atoms with Crippen LogP contribution < -0.4 is 34.3 Å². The number of ether oxygens (including phenoxy) is 1. The van der Waals surface area contributed by atoms with Gasteiger partial charge < -0.3 is 4.74 Å². The SMILES string of the molecule is CCCC(=O)Oc1cc[c-]cc1.[Na+]. The summed E-state index contributed by atoms with van der Waals surface area (Å²) in [4.78, 5) is 11.0. The van der Waals surface area contributed by atoms with E-state index >= 15 is 0 Å². The molecule has 0 N–H and O–H groups in total. The van der Waals surface area contributed by atoms with Crippen LogP contribution in [0.25, 0.3) is 0 Å². The van der Waals surface area contributed by atoms with Crippen LogP contribution in [-0.2, 0) is 4.79 Å². The minimum Gasteiger partial charge on any atom is -0.453 e. The maximum absolute atomic E-state index is 11.0. The van der Waals surface area contributed by atoms with Gasteiger partial charge in [0.15, 0.2) is 0 Å². The largest absolute Gasteiger partial charge is 1.00 e. The van der Waals surface area contributed by atoms with Gasteiger partial charge in [0.25, 0.3) is 0 Å². The van der Waals surface area contributed by atoms with Crippen LogP contribution in [0.4, 0.5) is 0 Å². The number of carbonyl (C=O) groups excluding carboxylic acids is 1. The van der Waals surface area contributed by atoms with Crippen LogP contribution >= 0.6 is 0 Å². The molecule has 2 nitrogen and oxygen atoms in total. The fraction of sp³-hybridized carbons (Fsp3) is 0.300. The molecule has 0 heterocycles. The van der Waals surface area contributed by atoms with Crippen molar-refractivity contribution in [1.29, 1.82) is 0 Å². The molecule has 0 aliphatic rings. The van der Waals surface area contributed by atoms with Gasteiger partial charge in [-0.15, -0.1) is 12.1 Å². The molecule has 0 amide bonds. The molecule has 1 aromatic carbocycles. The first kappa shape index (κ1) is 12.7. The molecule has 0 spiro atoms. The zero-order valence-corrected chi connectivity index (χ0v) is 10.0. The van der Waals surface area contributed by atoms with Crippen LogP contribution in [0.2, 0.25) is 0 Å². The number of benzene rings is 1. The fourth-order valence-corrected chi connectivity index (χ4v) is 0.826. The van der Waals surface area contributed by atoms with E-state index in [0.29, 0.717) is 12.2 Å². The van der Waals surface area contributed by atoms with Gasteiger partial charge in [0.1, 0.15) is 0 Å². The van der Waals surface area contributed by atoms with E-state index in [9.17, 15) is 4.79 Å². The molecule has 0 saturated carbocycles. The van der Waals surface area contributed by atoms with E-state index in [1.54, 1.807) is 24.3 Å². The smallest absolute Gasteiger partial charge is 0.453 e. The number of esters is 1. The second-order valence-electron chi connectivity index (χ2n) is 2.46. The molecule has 64 valence electrons. The molecule has 0 unspecified atom stereocenters. The van der Waals surface area contributed by atoms with E-state index in [4.69, 9.17) is 4.74 Å². The van der Waals surface area contributed by atoms with Crippen LogP contribution in [0.3, 0.4) is 0 Å². The minimum absolute atomic E-state index is 0. The monoisotopic (exact) mass is 186 g/mol. The third-order valence-corrected chi connectivity index (χ3v) is 1.37. The van der Waals surface area contributed by atoms with E-state index < -0.39 is 0 Å². The molecule has 0 radical (unpaired) electrons. The van der Waals surface area contributed by atoms with Gasteiger partial charge in [-0.3, -0.25) is 4.79 Å². The molecule has 1 rings (SSSR count). The average molecular weight is 186 g/mol. The van der Waals surface area contributed by atoms with Gasteiger partial charge in [-0.25, -0.2) is 0 Å². The van der Waals surface area contributed by atoms with Crippen molar-refractivity contribution < 1.29 is 39.1 Å². The van der Waals surface area contributed by atoms with Crippen LogP contribution in [0.5, 0.6) is 5.75 Å². The van der Waals surface area contributed by atoms with Crippen molar-refractivity contribution in [2.45, 2.75) is 19.8 Å². The van der Waals surface area contributed by atoms with Crippen LogP contribution in [0, 0.1) is 6.07 Å². The Balaban J connectivity index is 0.00000144. The summed E-state index contributed by atoms with van der Waals surface area (Å²) >= 11 is 0. The Hall–Kier alpha value is -0.310. The fourth-order valence-electron chi connectivity index (χ4n) is 0.826. The van der Waals surface area contributed by atoms with Crippen LogP contribution in [0.1, 0.15) is 19.8 Å². The third kappa shape index (κ3) is 5.09. The number of hydrogen-bond donors (Lipinski definition) is 0. The van der Waals surface area contributed by atoms with Crippen molar-refractivity contribution in [3.8, 4) is 5.75 Å². The van der Waals surface area contributed by atoms with E-state index in [2.05, 4.69) is 6.07 Å². The standard InChI is InChI=1S/C10H11O2.Na/c1-2-6-10(11)12-9-7-4-3-5-8-9;/h4-5,7-8H,2,6H2,1H3;/q-1;+1. The molecule has 0 bridgehead atoms. The zero-order chi connectivity index (χ0) is 8.81. The topological polar surface area (TPSA) is 26.3 Å². The predicted molar refractivity (Wildman–Crippen MR) is 45.8 cm³/mol. The molecule has 0 saturated heterocycles. The van der Waals surface area contributed by atoms with Crippen molar-refractivity contribution in [1.82, 2.24) is 0 Å². The number of rotatable bonds is 3. The molecule has 0 aliphatic heterocycles. The summed E-state index contributed by atoms with van der Waals surface area (Å²) in [5, 5.41) is 0. The van der Waals surface area contributed by atoms with Gasteiger partial charge in [0, 0.05) is 12.2 Å². The zero-order valence-electron chi connectivity index (χ0n) is 8.04. The molecular formula is C10H11NaO2. The quantitative estimate of drug-likeness (QED) is 0.267. The molecular weight excluding hydrogens is 175 g/mol. The second-order valence-corrected chi connectivity index (χ2v) is 2.46. The maximum atomic E-state index is 11.0. The maximum Gasteiger partial charge on any atom is 1.00 e. The van der Waals surface area contributed by atoms with Crippen LogP contribution in [0.15, 0.2) is 24.3 Å². The summed E-state index contributed by atoms with van der Waals surface area (Å²) in [5.74, 6) is 0.413. The normalized spacial score (nSPS) is 8.69. The second kappa shape index (κ2) is 7.13. The Kier molecular flexibility index (Phi) is 6.96. The summed E-state index contributed by atoms with van der Waals surface area (Å²) in [5.41, 5.74) is 0. The van der Waals surface area contributed by atoms with Gasteiger partial charge >= 0.3 is 35.5 Å². The van der Waals surface area contributed by atoms with Gasteiger partial charge in [0.2, 0.25) is 0 Å². The van der Waals surface area contributed by atoms with Gasteiger partial charge in [-0.1, -0.05) is 6.92 Å². The number of hydrogen-bond acceptors (Lipinski definition) is 2. The Labute approximate surface area is 101 Å². The van der Waals surface area contributed by atoms with Gasteiger partial charge in [-0.05, 0) is 6.42 Å². The molecule has 0 aromatic heterocycles. The average Bonchev–Trinajstić information content (AvgIpc) is 2.06. The van der Waals surface area contributed by atoms with Crippen molar-refractivity contribution in [2.75, 3.05) is 0 Å². The Morgan fingerprint density at radius 2 is 2.08 bits per heavy atom. The Morgan fingerprint density at radius 3 is 2.62 bits per heavy atom. The third-order valence-electron chi connectivity index (χ3n) is 1.37. The first-order chi connectivity index (χ1) is 5.83. The Morgan fingerprint density at radius 1 is 1.46 bits per heavy atom. The molecule has 0 atom stereocenters. The minimum atomic E-state index is -0.177. The van der Waals surface area contributed by atoms with Crippen molar-refractivity contribution in [3.63, 3.8) is 0 Å². The molecule has 0 fully saturated rings. The van der Waals surface area contributed by atoms with Gasteiger partial charge in [-0.2, -0.15) is 18.2 Å². The van der Waals surface area contributed by atoms with Crippen molar-refractivity contribution in [2.24, 2.45) is 0 Å². The first-order valence-corrected chi connectivity index (χ1v) is 3.99. The Bertz CT molecular complexity index is 246. The van der Waals surface area contributed by atoms with E-state index in [1.807, 2.05) is 6.92 Å². The summed E-state index contributed by atoms with van der Waals surface area (Å²) < 4.78 is 5.00. The summed E-state index contributed by atoms with van der Waals surface area (Å²) in [6.07, 6.45) is 1.29. The van der Waals surface area contributed by atoms with Gasteiger partial charge in [0.05, 0.1) is 0 Å². The van der Waals surface area contributed by atoms with E-state index in [1.165, 1.54) is 0 Å². The molecule has 1 aromatic rings. The van der Waals surface area contributed by atoms with Crippen molar-refractivity contribution >= 4 is 5.97 Å². The molecule has 0 aliphatic carbocycles. The van der Waals surface area contributed by atoms with E-state index in [0.717, 1.165) is 6.42 Å². The number of carbonyl (C=O) groups is 1. The first-order valence-electron chi connectivity index (χ1n) is 3.99. The predicted octanol–water partition coefficient (Wildman–Crippen LogP) is -0.804.